The zero-order valence-corrected chi connectivity index (χ0v) is 11.6. The number of carbonyl (C=O) groups is 2. The molecule has 5 nitrogen and oxygen atoms in total. The minimum atomic E-state index is -0.235. The Labute approximate surface area is 118 Å². The molecular weight excluding hydrogens is 256 g/mol. The Kier molecular flexibility index (Phi) is 5.12. The summed E-state index contributed by atoms with van der Waals surface area (Å²) in [6.45, 7) is 3.19. The lowest BCUT2D eigenvalue weighted by Gasteiger charge is -2.11. The van der Waals surface area contributed by atoms with Crippen LogP contribution < -0.4 is 10.6 Å². The molecule has 1 aromatic carbocycles. The molecule has 1 atom stereocenters. The van der Waals surface area contributed by atoms with Crippen LogP contribution in [-0.2, 0) is 9.53 Å². The molecule has 0 aromatic heterocycles. The minimum Gasteiger partial charge on any atom is -0.376 e. The van der Waals surface area contributed by atoms with E-state index in [0.717, 1.165) is 25.0 Å². The standard InChI is InChI=1S/C15H20N2O3/c1-11-4-2-5-12(8-11)15(19)17-10-14(18)16-9-13-6-3-7-20-13/h2,4-5,8,13H,3,6-7,9-10H2,1H3,(H,16,18)(H,17,19)/t13-/m0/s1. The number of benzene rings is 1. The van der Waals surface area contributed by atoms with Gasteiger partial charge in [-0.2, -0.15) is 0 Å². The number of nitrogens with one attached hydrogen (secondary N) is 2. The van der Waals surface area contributed by atoms with Gasteiger partial charge in [0.1, 0.15) is 0 Å². The first-order chi connectivity index (χ1) is 9.65. The molecule has 108 valence electrons. The van der Waals surface area contributed by atoms with Gasteiger partial charge in [-0.05, 0) is 31.9 Å². The highest BCUT2D eigenvalue weighted by atomic mass is 16.5. The maximum atomic E-state index is 11.8. The van der Waals surface area contributed by atoms with Crippen LogP contribution in [0.1, 0.15) is 28.8 Å². The molecule has 2 N–H and O–H groups in total. The molecule has 0 saturated carbocycles. The van der Waals surface area contributed by atoms with Crippen LogP contribution in [-0.4, -0.2) is 37.6 Å². The Morgan fingerprint density at radius 2 is 2.20 bits per heavy atom. The molecule has 0 unspecified atom stereocenters. The SMILES string of the molecule is Cc1cccc(C(=O)NCC(=O)NC[C@@H]2CCCO2)c1. The van der Waals surface area contributed by atoms with Gasteiger partial charge in [0.15, 0.2) is 0 Å². The Hall–Kier alpha value is -1.88. The topological polar surface area (TPSA) is 67.4 Å². The number of hydrogen-bond acceptors (Lipinski definition) is 3. The number of aryl methyl sites for hydroxylation is 1. The first-order valence-electron chi connectivity index (χ1n) is 6.88. The van der Waals surface area contributed by atoms with E-state index in [4.69, 9.17) is 4.74 Å². The number of amides is 2. The fourth-order valence-corrected chi connectivity index (χ4v) is 2.14. The van der Waals surface area contributed by atoms with Crippen LogP contribution >= 0.6 is 0 Å². The third kappa shape index (κ3) is 4.35. The third-order valence-electron chi connectivity index (χ3n) is 3.24. The van der Waals surface area contributed by atoms with Crippen molar-refractivity contribution in [3.63, 3.8) is 0 Å². The van der Waals surface area contributed by atoms with Crippen LogP contribution in [0.25, 0.3) is 0 Å². The van der Waals surface area contributed by atoms with E-state index in [1.165, 1.54) is 0 Å². The summed E-state index contributed by atoms with van der Waals surface area (Å²) in [4.78, 5) is 23.5. The van der Waals surface area contributed by atoms with Gasteiger partial charge in [-0.15, -0.1) is 0 Å². The van der Waals surface area contributed by atoms with E-state index >= 15 is 0 Å². The van der Waals surface area contributed by atoms with Crippen LogP contribution in [0.15, 0.2) is 24.3 Å². The highest BCUT2D eigenvalue weighted by molar-refractivity contribution is 5.96. The molecule has 1 aliphatic rings. The maximum Gasteiger partial charge on any atom is 0.251 e. The first-order valence-corrected chi connectivity index (χ1v) is 6.88. The van der Waals surface area contributed by atoms with Gasteiger partial charge in [0.25, 0.3) is 5.91 Å². The van der Waals surface area contributed by atoms with Crippen molar-refractivity contribution >= 4 is 11.8 Å². The number of hydrogen-bond donors (Lipinski definition) is 2. The van der Waals surface area contributed by atoms with Crippen molar-refractivity contribution in [3.8, 4) is 0 Å². The predicted molar refractivity (Wildman–Crippen MR) is 75.5 cm³/mol. The minimum absolute atomic E-state index is 0.0144. The highest BCUT2D eigenvalue weighted by Gasteiger charge is 2.16. The molecule has 2 amide bonds. The van der Waals surface area contributed by atoms with Gasteiger partial charge < -0.3 is 15.4 Å². The summed E-state index contributed by atoms with van der Waals surface area (Å²) in [6.07, 6.45) is 2.15. The summed E-state index contributed by atoms with van der Waals surface area (Å²) in [5.41, 5.74) is 1.58. The average Bonchev–Trinajstić information content (AvgIpc) is 2.95. The largest absolute Gasteiger partial charge is 0.376 e. The number of ether oxygens (including phenoxy) is 1. The highest BCUT2D eigenvalue weighted by Crippen LogP contribution is 2.10. The van der Waals surface area contributed by atoms with Crippen LogP contribution in [0, 0.1) is 6.92 Å². The van der Waals surface area contributed by atoms with Gasteiger partial charge in [0.05, 0.1) is 12.6 Å². The molecule has 5 heteroatoms. The van der Waals surface area contributed by atoms with E-state index in [0.29, 0.717) is 12.1 Å². The van der Waals surface area contributed by atoms with Crippen molar-refractivity contribution in [3.05, 3.63) is 35.4 Å². The smallest absolute Gasteiger partial charge is 0.251 e. The fraction of sp³-hybridized carbons (Fsp3) is 0.467. The van der Waals surface area contributed by atoms with Gasteiger partial charge >= 0.3 is 0 Å². The lowest BCUT2D eigenvalue weighted by Crippen LogP contribution is -2.39. The molecular formula is C15H20N2O3. The molecule has 1 heterocycles. The van der Waals surface area contributed by atoms with Crippen molar-refractivity contribution in [2.75, 3.05) is 19.7 Å². The molecule has 1 aliphatic heterocycles. The second-order valence-corrected chi connectivity index (χ2v) is 4.99. The Morgan fingerprint density at radius 3 is 2.90 bits per heavy atom. The molecule has 0 aliphatic carbocycles. The summed E-state index contributed by atoms with van der Waals surface area (Å²) in [5, 5.41) is 5.37. The zero-order chi connectivity index (χ0) is 14.4. The maximum absolute atomic E-state index is 11.8. The predicted octanol–water partition coefficient (Wildman–Crippen LogP) is 1.02. The molecule has 0 spiro atoms. The van der Waals surface area contributed by atoms with Gasteiger partial charge in [0.2, 0.25) is 5.91 Å². The average molecular weight is 276 g/mol. The van der Waals surface area contributed by atoms with E-state index < -0.39 is 0 Å². The van der Waals surface area contributed by atoms with Crippen LogP contribution in [0.2, 0.25) is 0 Å². The summed E-state index contributed by atoms with van der Waals surface area (Å²) < 4.78 is 5.41. The van der Waals surface area contributed by atoms with E-state index in [1.807, 2.05) is 19.1 Å². The van der Waals surface area contributed by atoms with Crippen LogP contribution in [0.3, 0.4) is 0 Å². The summed E-state index contributed by atoms with van der Waals surface area (Å²) in [6, 6.07) is 7.26. The second kappa shape index (κ2) is 7.05. The first kappa shape index (κ1) is 14.5. The van der Waals surface area contributed by atoms with Crippen LogP contribution in [0.4, 0.5) is 0 Å². The van der Waals surface area contributed by atoms with Crippen molar-refractivity contribution in [2.45, 2.75) is 25.9 Å². The quantitative estimate of drug-likeness (QED) is 0.843. The van der Waals surface area contributed by atoms with Crippen LogP contribution in [0.5, 0.6) is 0 Å². The monoisotopic (exact) mass is 276 g/mol. The van der Waals surface area contributed by atoms with E-state index in [-0.39, 0.29) is 24.5 Å². The summed E-state index contributed by atoms with van der Waals surface area (Å²) in [7, 11) is 0. The number of carbonyl (C=O) groups excluding carboxylic acids is 2. The van der Waals surface area contributed by atoms with Gasteiger partial charge in [-0.1, -0.05) is 17.7 Å². The molecule has 1 aromatic rings. The van der Waals surface area contributed by atoms with Crippen molar-refractivity contribution in [1.82, 2.24) is 10.6 Å². The van der Waals surface area contributed by atoms with Crippen molar-refractivity contribution in [1.29, 1.82) is 0 Å². The normalized spacial score (nSPS) is 17.8. The molecule has 0 radical (unpaired) electrons. The van der Waals surface area contributed by atoms with E-state index in [1.54, 1.807) is 12.1 Å². The van der Waals surface area contributed by atoms with E-state index in [2.05, 4.69) is 10.6 Å². The van der Waals surface area contributed by atoms with E-state index in [9.17, 15) is 9.59 Å². The lowest BCUT2D eigenvalue weighted by molar-refractivity contribution is -0.120. The molecule has 1 saturated heterocycles. The zero-order valence-electron chi connectivity index (χ0n) is 11.6. The van der Waals surface area contributed by atoms with Gasteiger partial charge in [0, 0.05) is 18.7 Å². The molecule has 2 rings (SSSR count). The summed E-state index contributed by atoms with van der Waals surface area (Å²) >= 11 is 0. The van der Waals surface area contributed by atoms with Gasteiger partial charge in [-0.25, -0.2) is 0 Å². The lowest BCUT2D eigenvalue weighted by atomic mass is 10.1. The molecule has 20 heavy (non-hydrogen) atoms. The summed E-state index contributed by atoms with van der Waals surface area (Å²) in [5.74, 6) is -0.428. The third-order valence-corrected chi connectivity index (χ3v) is 3.24. The molecule has 1 fully saturated rings. The fourth-order valence-electron chi connectivity index (χ4n) is 2.14. The van der Waals surface area contributed by atoms with Crippen molar-refractivity contribution < 1.29 is 14.3 Å². The molecule has 0 bridgehead atoms. The Balaban J connectivity index is 1.71. The van der Waals surface area contributed by atoms with Gasteiger partial charge in [-0.3, -0.25) is 9.59 Å². The second-order valence-electron chi connectivity index (χ2n) is 4.99. The Bertz CT molecular complexity index is 482. The Morgan fingerprint density at radius 1 is 1.35 bits per heavy atom. The van der Waals surface area contributed by atoms with Crippen molar-refractivity contribution in [2.24, 2.45) is 0 Å². The number of rotatable bonds is 5.